The maximum Gasteiger partial charge on any atom is 0.261 e. The van der Waals surface area contributed by atoms with E-state index in [4.69, 9.17) is 5.11 Å². The third kappa shape index (κ3) is 4.51. The molecule has 1 aromatic heterocycles. The fraction of sp³-hybridized carbons (Fsp3) is 0.350. The van der Waals surface area contributed by atoms with E-state index in [1.54, 1.807) is 17.0 Å². The lowest BCUT2D eigenvalue weighted by molar-refractivity contribution is 0.112. The summed E-state index contributed by atoms with van der Waals surface area (Å²) in [6.45, 7) is 6.89. The van der Waals surface area contributed by atoms with Gasteiger partial charge >= 0.3 is 0 Å². The zero-order valence-corrected chi connectivity index (χ0v) is 15.3. The Hall–Kier alpha value is -2.53. The molecule has 25 heavy (non-hydrogen) atoms. The van der Waals surface area contributed by atoms with Gasteiger partial charge in [-0.25, -0.2) is 4.98 Å². The number of aldehydes is 1. The monoisotopic (exact) mass is 342 g/mol. The van der Waals surface area contributed by atoms with Gasteiger partial charge in [0, 0.05) is 24.6 Å². The van der Waals surface area contributed by atoms with E-state index in [-0.39, 0.29) is 5.56 Å². The predicted octanol–water partition coefficient (Wildman–Crippen LogP) is 3.80. The summed E-state index contributed by atoms with van der Waals surface area (Å²) in [7, 11) is 1.00. The van der Waals surface area contributed by atoms with Crippen LogP contribution in [0.15, 0.2) is 41.5 Å². The number of nitrogens with zero attached hydrogens (tertiary/aromatic N) is 2. The van der Waals surface area contributed by atoms with E-state index in [2.05, 4.69) is 18.8 Å². The molecule has 0 fully saturated rings. The maximum absolute atomic E-state index is 12.4. The molecule has 0 spiro atoms. The summed E-state index contributed by atoms with van der Waals surface area (Å²) in [6.07, 6.45) is 4.49. The van der Waals surface area contributed by atoms with Gasteiger partial charge in [-0.2, -0.15) is 0 Å². The Morgan fingerprint density at radius 2 is 1.68 bits per heavy atom. The summed E-state index contributed by atoms with van der Waals surface area (Å²) >= 11 is 0. The highest BCUT2D eigenvalue weighted by molar-refractivity contribution is 6.11. The quantitative estimate of drug-likeness (QED) is 0.580. The molecule has 0 aliphatic rings. The van der Waals surface area contributed by atoms with Gasteiger partial charge in [0.2, 0.25) is 0 Å². The number of aryl methyl sites for hydroxylation is 1. The van der Waals surface area contributed by atoms with Crippen molar-refractivity contribution in [3.05, 3.63) is 52.6 Å². The Morgan fingerprint density at radius 1 is 1.08 bits per heavy atom. The fourth-order valence-corrected chi connectivity index (χ4v) is 2.52. The molecule has 0 amide bonds. The van der Waals surface area contributed by atoms with E-state index in [1.165, 1.54) is 6.42 Å². The van der Waals surface area contributed by atoms with Gasteiger partial charge in [0.1, 0.15) is 0 Å². The molecule has 0 aliphatic carbocycles. The molecule has 1 N–H and O–H groups in total. The van der Waals surface area contributed by atoms with E-state index in [0.29, 0.717) is 23.0 Å². The number of carbonyl (C=O) groups excluding carboxylic acids is 1. The largest absolute Gasteiger partial charge is 0.400 e. The zero-order valence-electron chi connectivity index (χ0n) is 15.3. The highest BCUT2D eigenvalue weighted by Gasteiger charge is 2.10. The van der Waals surface area contributed by atoms with Crippen molar-refractivity contribution in [1.82, 2.24) is 9.55 Å². The first-order chi connectivity index (χ1) is 12.2. The summed E-state index contributed by atoms with van der Waals surface area (Å²) < 4.78 is 1.59. The van der Waals surface area contributed by atoms with Crippen molar-refractivity contribution in [2.45, 2.75) is 40.2 Å². The van der Waals surface area contributed by atoms with E-state index in [1.807, 2.05) is 31.2 Å². The highest BCUT2D eigenvalue weighted by Crippen LogP contribution is 2.24. The second kappa shape index (κ2) is 10.4. The number of benzene rings is 2. The topological polar surface area (TPSA) is 72.2 Å². The number of aromatic nitrogens is 2. The predicted molar refractivity (Wildman–Crippen MR) is 103 cm³/mol. The molecule has 0 saturated heterocycles. The Bertz CT molecular complexity index is 885. The van der Waals surface area contributed by atoms with Crippen LogP contribution in [0.1, 0.15) is 44.0 Å². The van der Waals surface area contributed by atoms with Crippen LogP contribution in [0, 0.1) is 0 Å². The van der Waals surface area contributed by atoms with Crippen LogP contribution in [0.5, 0.6) is 0 Å². The van der Waals surface area contributed by atoms with Crippen LogP contribution >= 0.6 is 0 Å². The molecule has 0 atom stereocenters. The van der Waals surface area contributed by atoms with Crippen LogP contribution in [0.25, 0.3) is 21.7 Å². The Labute approximate surface area is 147 Å². The van der Waals surface area contributed by atoms with E-state index in [0.717, 1.165) is 30.6 Å². The molecule has 2 aromatic carbocycles. The lowest BCUT2D eigenvalue weighted by Crippen LogP contribution is -2.20. The molecule has 1 heterocycles. The SMILES string of the molecule is CCC.CCCn1cnc2c(cc(C=O)c3ccccc32)c1=O.CO. The maximum atomic E-state index is 12.4. The minimum atomic E-state index is -0.0919. The number of rotatable bonds is 3. The van der Waals surface area contributed by atoms with Crippen LogP contribution < -0.4 is 5.56 Å². The van der Waals surface area contributed by atoms with Crippen molar-refractivity contribution in [1.29, 1.82) is 0 Å². The Balaban J connectivity index is 0.000000567. The highest BCUT2D eigenvalue weighted by atomic mass is 16.2. The minimum Gasteiger partial charge on any atom is -0.400 e. The molecule has 0 radical (unpaired) electrons. The first-order valence-corrected chi connectivity index (χ1v) is 8.48. The first kappa shape index (κ1) is 20.5. The van der Waals surface area contributed by atoms with Crippen LogP contribution in [0.4, 0.5) is 0 Å². The summed E-state index contributed by atoms with van der Waals surface area (Å²) in [6, 6.07) is 9.17. The molecule has 0 saturated carbocycles. The number of aliphatic hydroxyl groups is 1. The molecular weight excluding hydrogens is 316 g/mol. The average Bonchev–Trinajstić information content (AvgIpc) is 2.66. The van der Waals surface area contributed by atoms with Gasteiger partial charge in [-0.05, 0) is 17.9 Å². The third-order valence-electron chi connectivity index (χ3n) is 3.46. The molecule has 0 unspecified atom stereocenters. The smallest absolute Gasteiger partial charge is 0.261 e. The molecule has 5 heteroatoms. The Morgan fingerprint density at radius 3 is 2.24 bits per heavy atom. The minimum absolute atomic E-state index is 0.0919. The van der Waals surface area contributed by atoms with Crippen LogP contribution in [0.3, 0.4) is 0 Å². The lowest BCUT2D eigenvalue weighted by Gasteiger charge is -2.08. The number of aliphatic hydroxyl groups excluding tert-OH is 1. The number of carbonyl (C=O) groups is 1. The lowest BCUT2D eigenvalue weighted by atomic mass is 10.0. The molecule has 3 rings (SSSR count). The van der Waals surface area contributed by atoms with Crippen molar-refractivity contribution in [2.75, 3.05) is 7.11 Å². The van der Waals surface area contributed by atoms with Gasteiger partial charge in [0.05, 0.1) is 17.2 Å². The van der Waals surface area contributed by atoms with Gasteiger partial charge in [-0.3, -0.25) is 14.2 Å². The Kier molecular flexibility index (Phi) is 8.50. The van der Waals surface area contributed by atoms with Crippen LogP contribution in [-0.4, -0.2) is 28.1 Å². The van der Waals surface area contributed by atoms with Gasteiger partial charge in [0.25, 0.3) is 5.56 Å². The van der Waals surface area contributed by atoms with Gasteiger partial charge in [-0.1, -0.05) is 51.5 Å². The van der Waals surface area contributed by atoms with Crippen molar-refractivity contribution in [2.24, 2.45) is 0 Å². The van der Waals surface area contributed by atoms with Gasteiger partial charge in [0.15, 0.2) is 6.29 Å². The van der Waals surface area contributed by atoms with Crippen molar-refractivity contribution < 1.29 is 9.90 Å². The van der Waals surface area contributed by atoms with Crippen LogP contribution in [-0.2, 0) is 6.54 Å². The van der Waals surface area contributed by atoms with E-state index in [9.17, 15) is 9.59 Å². The number of fused-ring (bicyclic) bond motifs is 3. The second-order valence-corrected chi connectivity index (χ2v) is 5.48. The third-order valence-corrected chi connectivity index (χ3v) is 3.46. The van der Waals surface area contributed by atoms with Gasteiger partial charge < -0.3 is 5.11 Å². The molecule has 5 nitrogen and oxygen atoms in total. The first-order valence-electron chi connectivity index (χ1n) is 8.48. The summed E-state index contributed by atoms with van der Waals surface area (Å²) in [5.74, 6) is 0. The molecule has 0 bridgehead atoms. The van der Waals surface area contributed by atoms with Crippen LogP contribution in [0.2, 0.25) is 0 Å². The summed E-state index contributed by atoms with van der Waals surface area (Å²) in [4.78, 5) is 28.1. The number of hydrogen-bond acceptors (Lipinski definition) is 4. The molecular formula is C20H26N2O3. The van der Waals surface area contributed by atoms with Gasteiger partial charge in [-0.15, -0.1) is 0 Å². The van der Waals surface area contributed by atoms with Crippen molar-refractivity contribution in [3.63, 3.8) is 0 Å². The van der Waals surface area contributed by atoms with Crippen molar-refractivity contribution >= 4 is 28.0 Å². The molecule has 0 aliphatic heterocycles. The number of hydrogen-bond donors (Lipinski definition) is 1. The standard InChI is InChI=1S/C16H14N2O2.C3H8.CH4O/c1-2-7-18-10-17-15-13-6-4-3-5-12(13)11(9-19)8-14(15)16(18)20;1-3-2;1-2/h3-6,8-10H,2,7H2,1H3;3H2,1-2H3;2H,1H3. The average molecular weight is 342 g/mol. The molecule has 3 aromatic rings. The normalized spacial score (nSPS) is 9.80. The summed E-state index contributed by atoms with van der Waals surface area (Å²) in [5.41, 5.74) is 1.09. The summed E-state index contributed by atoms with van der Waals surface area (Å²) in [5, 5.41) is 9.17. The van der Waals surface area contributed by atoms with Crippen molar-refractivity contribution in [3.8, 4) is 0 Å². The molecule has 134 valence electrons. The van der Waals surface area contributed by atoms with E-state index >= 15 is 0 Å². The van der Waals surface area contributed by atoms with E-state index < -0.39 is 0 Å². The zero-order chi connectivity index (χ0) is 18.8. The second-order valence-electron chi connectivity index (χ2n) is 5.48. The fourth-order valence-electron chi connectivity index (χ4n) is 2.52.